The summed E-state index contributed by atoms with van der Waals surface area (Å²) in [6.45, 7) is 0.345. The molecule has 0 radical (unpaired) electrons. The molecule has 0 aliphatic rings. The van der Waals surface area contributed by atoms with E-state index in [0.717, 1.165) is 16.6 Å². The number of rotatable bonds is 6. The third-order valence-corrected chi connectivity index (χ3v) is 3.48. The molecule has 0 saturated carbocycles. The smallest absolute Gasteiger partial charge is 0.244 e. The Morgan fingerprint density at radius 3 is 2.80 bits per heavy atom. The summed E-state index contributed by atoms with van der Waals surface area (Å²) in [6.07, 6.45) is 3.18. The minimum absolute atomic E-state index is 0.0133. The largest absolute Gasteiger partial charge is 0.479 e. The number of hydrogen-bond donors (Lipinski definition) is 2. The first-order chi connectivity index (χ1) is 12.2. The van der Waals surface area contributed by atoms with Crippen LogP contribution in [0.25, 0.3) is 17.1 Å². The normalized spacial score (nSPS) is 10.7. The van der Waals surface area contributed by atoms with Gasteiger partial charge in [0, 0.05) is 6.08 Å². The van der Waals surface area contributed by atoms with Crippen LogP contribution >= 0.6 is 0 Å². The van der Waals surface area contributed by atoms with Crippen LogP contribution in [0.5, 0.6) is 5.75 Å². The third-order valence-electron chi connectivity index (χ3n) is 3.48. The highest BCUT2D eigenvalue weighted by Gasteiger charge is 2.03. The molecule has 0 unspecified atom stereocenters. The summed E-state index contributed by atoms with van der Waals surface area (Å²) >= 11 is 0. The zero-order valence-electron chi connectivity index (χ0n) is 13.4. The number of ether oxygens (including phenoxy) is 1. The number of carbonyl (C=O) groups excluding carboxylic acids is 1. The zero-order chi connectivity index (χ0) is 17.5. The van der Waals surface area contributed by atoms with Gasteiger partial charge in [0.2, 0.25) is 5.91 Å². The fraction of sp³-hybridized carbons (Fsp3) is 0.105. The molecule has 1 aromatic heterocycles. The number of aromatic amines is 1. The molecule has 2 aromatic carbocycles. The quantitative estimate of drug-likeness (QED) is 0.679. The summed E-state index contributed by atoms with van der Waals surface area (Å²) in [5, 5.41) is 11.3. The summed E-state index contributed by atoms with van der Waals surface area (Å²) in [6, 6.07) is 16.8. The number of H-pyrrole nitrogens is 1. The van der Waals surface area contributed by atoms with Crippen LogP contribution in [0.2, 0.25) is 0 Å². The Labute approximate surface area is 144 Å². The summed E-state index contributed by atoms with van der Waals surface area (Å²) in [4.78, 5) is 19.5. The average molecular weight is 332 g/mol. The van der Waals surface area contributed by atoms with Gasteiger partial charge in [-0.15, -0.1) is 0 Å². The van der Waals surface area contributed by atoms with Crippen LogP contribution in [0.3, 0.4) is 0 Å². The number of amides is 1. The van der Waals surface area contributed by atoms with Gasteiger partial charge in [0.15, 0.2) is 6.61 Å². The van der Waals surface area contributed by atoms with Gasteiger partial charge in [-0.2, -0.15) is 5.26 Å². The molecule has 0 spiro atoms. The Kier molecular flexibility index (Phi) is 5.07. The maximum atomic E-state index is 11.9. The van der Waals surface area contributed by atoms with Gasteiger partial charge >= 0.3 is 0 Å². The molecule has 0 atom stereocenters. The molecular weight excluding hydrogens is 316 g/mol. The van der Waals surface area contributed by atoms with Crippen molar-refractivity contribution in [3.05, 3.63) is 66.0 Å². The van der Waals surface area contributed by atoms with Crippen molar-refractivity contribution in [3.63, 3.8) is 0 Å². The van der Waals surface area contributed by atoms with Crippen molar-refractivity contribution in [1.82, 2.24) is 15.3 Å². The number of nitrogens with zero attached hydrogens (tertiary/aromatic N) is 2. The maximum Gasteiger partial charge on any atom is 0.244 e. The first-order valence-corrected chi connectivity index (χ1v) is 7.74. The molecule has 0 saturated heterocycles. The number of hydrogen-bond acceptors (Lipinski definition) is 4. The van der Waals surface area contributed by atoms with Gasteiger partial charge < -0.3 is 15.0 Å². The lowest BCUT2D eigenvalue weighted by molar-refractivity contribution is -0.116. The number of carbonyl (C=O) groups is 1. The molecule has 124 valence electrons. The predicted octanol–water partition coefficient (Wildman–Crippen LogP) is 2.79. The predicted molar refractivity (Wildman–Crippen MR) is 94.5 cm³/mol. The first kappa shape index (κ1) is 16.3. The minimum atomic E-state index is -0.203. The van der Waals surface area contributed by atoms with E-state index in [1.807, 2.05) is 42.5 Å². The van der Waals surface area contributed by atoms with E-state index in [-0.39, 0.29) is 12.5 Å². The van der Waals surface area contributed by atoms with E-state index < -0.39 is 0 Å². The van der Waals surface area contributed by atoms with Crippen LogP contribution in [0.15, 0.2) is 54.6 Å². The lowest BCUT2D eigenvalue weighted by Crippen LogP contribution is -2.20. The number of aromatic nitrogens is 2. The summed E-state index contributed by atoms with van der Waals surface area (Å²) in [5.74, 6) is 1.13. The molecule has 1 amide bonds. The van der Waals surface area contributed by atoms with Crippen molar-refractivity contribution < 1.29 is 9.53 Å². The van der Waals surface area contributed by atoms with Gasteiger partial charge in [-0.3, -0.25) is 4.79 Å². The van der Waals surface area contributed by atoms with Crippen molar-refractivity contribution in [2.24, 2.45) is 0 Å². The second kappa shape index (κ2) is 7.79. The Morgan fingerprint density at radius 1 is 1.24 bits per heavy atom. The fourth-order valence-electron chi connectivity index (χ4n) is 2.28. The van der Waals surface area contributed by atoms with Gasteiger partial charge in [0.1, 0.15) is 17.6 Å². The number of nitriles is 1. The Hall–Kier alpha value is -3.59. The van der Waals surface area contributed by atoms with Crippen molar-refractivity contribution in [2.75, 3.05) is 6.61 Å². The van der Waals surface area contributed by atoms with Crippen LogP contribution in [-0.4, -0.2) is 22.5 Å². The number of para-hydroxylation sites is 2. The van der Waals surface area contributed by atoms with Crippen LogP contribution in [-0.2, 0) is 11.3 Å². The second-order valence-electron chi connectivity index (χ2n) is 5.27. The Balaban J connectivity index is 1.53. The number of imidazole rings is 1. The molecule has 2 N–H and O–H groups in total. The fourth-order valence-corrected chi connectivity index (χ4v) is 2.28. The van der Waals surface area contributed by atoms with E-state index in [0.29, 0.717) is 18.1 Å². The maximum absolute atomic E-state index is 11.9. The first-order valence-electron chi connectivity index (χ1n) is 7.74. The van der Waals surface area contributed by atoms with Crippen LogP contribution in [0.4, 0.5) is 0 Å². The van der Waals surface area contributed by atoms with Crippen molar-refractivity contribution >= 4 is 23.0 Å². The van der Waals surface area contributed by atoms with E-state index in [9.17, 15) is 4.79 Å². The second-order valence-corrected chi connectivity index (χ2v) is 5.27. The summed E-state index contributed by atoms with van der Waals surface area (Å²) < 4.78 is 5.17. The lowest BCUT2D eigenvalue weighted by Gasteiger charge is -2.01. The topological polar surface area (TPSA) is 90.8 Å². The van der Waals surface area contributed by atoms with Crippen LogP contribution in [0, 0.1) is 11.3 Å². The van der Waals surface area contributed by atoms with Gasteiger partial charge in [-0.1, -0.05) is 24.3 Å². The molecule has 1 heterocycles. The molecule has 6 nitrogen and oxygen atoms in total. The molecule has 0 fully saturated rings. The van der Waals surface area contributed by atoms with Gasteiger partial charge in [0.25, 0.3) is 0 Å². The van der Waals surface area contributed by atoms with Crippen LogP contribution < -0.4 is 10.1 Å². The van der Waals surface area contributed by atoms with E-state index in [2.05, 4.69) is 15.3 Å². The average Bonchev–Trinajstić information content (AvgIpc) is 3.07. The third kappa shape index (κ3) is 4.45. The number of benzene rings is 2. The lowest BCUT2D eigenvalue weighted by atomic mass is 10.2. The summed E-state index contributed by atoms with van der Waals surface area (Å²) in [5.41, 5.74) is 2.69. The molecule has 6 heteroatoms. The van der Waals surface area contributed by atoms with E-state index >= 15 is 0 Å². The van der Waals surface area contributed by atoms with Crippen molar-refractivity contribution in [3.8, 4) is 11.8 Å². The zero-order valence-corrected chi connectivity index (χ0v) is 13.4. The number of nitrogens with one attached hydrogen (secondary N) is 2. The molecular formula is C19H16N4O2. The SMILES string of the molecule is N#CCOc1ccc(C=CC(=O)NCc2nc3ccccc3[nH]2)cc1. The minimum Gasteiger partial charge on any atom is -0.479 e. The van der Waals surface area contributed by atoms with Crippen LogP contribution in [0.1, 0.15) is 11.4 Å². The summed E-state index contributed by atoms with van der Waals surface area (Å²) in [7, 11) is 0. The molecule has 0 aliphatic carbocycles. The van der Waals surface area contributed by atoms with E-state index in [4.69, 9.17) is 10.00 Å². The van der Waals surface area contributed by atoms with Gasteiger partial charge in [-0.25, -0.2) is 4.98 Å². The highest BCUT2D eigenvalue weighted by Crippen LogP contribution is 2.13. The van der Waals surface area contributed by atoms with E-state index in [1.165, 1.54) is 6.08 Å². The van der Waals surface area contributed by atoms with Crippen molar-refractivity contribution in [2.45, 2.75) is 6.54 Å². The molecule has 3 rings (SSSR count). The molecule has 25 heavy (non-hydrogen) atoms. The monoisotopic (exact) mass is 332 g/mol. The standard InChI is InChI=1S/C19H16N4O2/c20-11-12-25-15-8-5-14(6-9-15)7-10-19(24)21-13-18-22-16-3-1-2-4-17(16)23-18/h1-10H,12-13H2,(H,21,24)(H,22,23). The van der Waals surface area contributed by atoms with Crippen molar-refractivity contribution in [1.29, 1.82) is 5.26 Å². The molecule has 0 bridgehead atoms. The van der Waals surface area contributed by atoms with E-state index in [1.54, 1.807) is 18.2 Å². The highest BCUT2D eigenvalue weighted by atomic mass is 16.5. The van der Waals surface area contributed by atoms with Gasteiger partial charge in [-0.05, 0) is 35.9 Å². The molecule has 0 aliphatic heterocycles. The number of fused-ring (bicyclic) bond motifs is 1. The molecule has 3 aromatic rings. The Bertz CT molecular complexity index is 903. The highest BCUT2D eigenvalue weighted by molar-refractivity contribution is 5.91. The Morgan fingerprint density at radius 2 is 2.04 bits per heavy atom. The van der Waals surface area contributed by atoms with Gasteiger partial charge in [0.05, 0.1) is 17.6 Å².